The third-order valence-electron chi connectivity index (χ3n) is 2.31. The molecule has 0 atom stereocenters. The SMILES string of the molecule is CC(=O)Nc1ccc(C(=O)Nc2ccc(Cl)cc2F)s1. The lowest BCUT2D eigenvalue weighted by atomic mass is 10.3. The molecule has 0 spiro atoms. The van der Waals surface area contributed by atoms with Crippen molar-refractivity contribution in [1.29, 1.82) is 0 Å². The number of thiophene rings is 1. The molecular weight excluding hydrogens is 303 g/mol. The van der Waals surface area contributed by atoms with E-state index in [0.717, 1.165) is 17.4 Å². The van der Waals surface area contributed by atoms with Gasteiger partial charge in [-0.2, -0.15) is 0 Å². The molecule has 2 N–H and O–H groups in total. The van der Waals surface area contributed by atoms with Crippen molar-refractivity contribution in [3.63, 3.8) is 0 Å². The average molecular weight is 313 g/mol. The summed E-state index contributed by atoms with van der Waals surface area (Å²) < 4.78 is 13.6. The van der Waals surface area contributed by atoms with Crippen molar-refractivity contribution >= 4 is 45.4 Å². The summed E-state index contributed by atoms with van der Waals surface area (Å²) in [4.78, 5) is 23.2. The van der Waals surface area contributed by atoms with Gasteiger partial charge in [-0.3, -0.25) is 9.59 Å². The molecule has 2 aromatic rings. The van der Waals surface area contributed by atoms with Crippen LogP contribution >= 0.6 is 22.9 Å². The van der Waals surface area contributed by atoms with E-state index < -0.39 is 11.7 Å². The first-order chi connectivity index (χ1) is 9.45. The molecule has 0 aliphatic heterocycles. The Labute approximate surface area is 123 Å². The van der Waals surface area contributed by atoms with E-state index in [1.54, 1.807) is 12.1 Å². The summed E-state index contributed by atoms with van der Waals surface area (Å²) in [6.45, 7) is 1.38. The number of carbonyl (C=O) groups is 2. The molecule has 0 saturated carbocycles. The predicted octanol–water partition coefficient (Wildman–Crippen LogP) is 3.75. The first-order valence-electron chi connectivity index (χ1n) is 5.59. The Kier molecular flexibility index (Phi) is 4.36. The maximum absolute atomic E-state index is 13.6. The zero-order chi connectivity index (χ0) is 14.7. The van der Waals surface area contributed by atoms with Gasteiger partial charge in [-0.05, 0) is 30.3 Å². The zero-order valence-corrected chi connectivity index (χ0v) is 11.9. The Balaban J connectivity index is 2.11. The molecule has 4 nitrogen and oxygen atoms in total. The van der Waals surface area contributed by atoms with Crippen molar-refractivity contribution in [3.8, 4) is 0 Å². The minimum absolute atomic E-state index is 0.0499. The highest BCUT2D eigenvalue weighted by Crippen LogP contribution is 2.24. The van der Waals surface area contributed by atoms with E-state index in [-0.39, 0.29) is 16.6 Å². The number of hydrogen-bond donors (Lipinski definition) is 2. The maximum Gasteiger partial charge on any atom is 0.265 e. The molecular formula is C13H10ClFN2O2S. The Bertz CT molecular complexity index is 672. The third-order valence-corrected chi connectivity index (χ3v) is 3.54. The van der Waals surface area contributed by atoms with Gasteiger partial charge in [0.25, 0.3) is 5.91 Å². The lowest BCUT2D eigenvalue weighted by Crippen LogP contribution is -2.11. The van der Waals surface area contributed by atoms with Crippen LogP contribution in [0.2, 0.25) is 5.02 Å². The Hall–Kier alpha value is -1.92. The molecule has 0 aliphatic rings. The topological polar surface area (TPSA) is 58.2 Å². The molecule has 1 aromatic carbocycles. The van der Waals surface area contributed by atoms with Gasteiger partial charge >= 0.3 is 0 Å². The Morgan fingerprint density at radius 2 is 1.95 bits per heavy atom. The molecule has 1 aromatic heterocycles. The van der Waals surface area contributed by atoms with Crippen LogP contribution in [-0.2, 0) is 4.79 Å². The van der Waals surface area contributed by atoms with E-state index in [4.69, 9.17) is 11.6 Å². The highest BCUT2D eigenvalue weighted by atomic mass is 35.5. The fourth-order valence-corrected chi connectivity index (χ4v) is 2.48. The van der Waals surface area contributed by atoms with Gasteiger partial charge in [0.1, 0.15) is 5.82 Å². The zero-order valence-electron chi connectivity index (χ0n) is 10.4. The van der Waals surface area contributed by atoms with E-state index in [2.05, 4.69) is 10.6 Å². The highest BCUT2D eigenvalue weighted by Gasteiger charge is 2.12. The van der Waals surface area contributed by atoms with Gasteiger partial charge in [0.15, 0.2) is 0 Å². The Morgan fingerprint density at radius 3 is 2.60 bits per heavy atom. The molecule has 0 fully saturated rings. The summed E-state index contributed by atoms with van der Waals surface area (Å²) in [7, 11) is 0. The van der Waals surface area contributed by atoms with Gasteiger partial charge in [-0.15, -0.1) is 11.3 Å². The molecule has 2 rings (SSSR count). The largest absolute Gasteiger partial charge is 0.319 e. The standard InChI is InChI=1S/C13H10ClFN2O2S/c1-7(18)16-12-5-4-11(20-12)13(19)17-10-3-2-8(14)6-9(10)15/h2-6H,1H3,(H,16,18)(H,17,19). The first-order valence-corrected chi connectivity index (χ1v) is 6.79. The van der Waals surface area contributed by atoms with Gasteiger partial charge in [0.05, 0.1) is 15.6 Å². The number of hydrogen-bond acceptors (Lipinski definition) is 3. The van der Waals surface area contributed by atoms with Crippen LogP contribution in [0.1, 0.15) is 16.6 Å². The molecule has 0 radical (unpaired) electrons. The second-order valence-electron chi connectivity index (χ2n) is 3.92. The van der Waals surface area contributed by atoms with Crippen LogP contribution in [0.3, 0.4) is 0 Å². The molecule has 0 saturated heterocycles. The molecule has 0 unspecified atom stereocenters. The highest BCUT2D eigenvalue weighted by molar-refractivity contribution is 7.18. The summed E-state index contributed by atoms with van der Waals surface area (Å²) in [5.41, 5.74) is 0.0499. The van der Waals surface area contributed by atoms with Gasteiger partial charge in [0.2, 0.25) is 5.91 Å². The van der Waals surface area contributed by atoms with Crippen LogP contribution in [0, 0.1) is 5.82 Å². The van der Waals surface area contributed by atoms with Gasteiger partial charge in [-0.1, -0.05) is 11.6 Å². The molecule has 104 valence electrons. The number of anilines is 2. The number of amides is 2. The summed E-state index contributed by atoms with van der Waals surface area (Å²) in [6.07, 6.45) is 0. The van der Waals surface area contributed by atoms with E-state index >= 15 is 0 Å². The van der Waals surface area contributed by atoms with Crippen molar-refractivity contribution < 1.29 is 14.0 Å². The molecule has 0 bridgehead atoms. The van der Waals surface area contributed by atoms with E-state index in [1.807, 2.05) is 0 Å². The van der Waals surface area contributed by atoms with Crippen molar-refractivity contribution in [2.75, 3.05) is 10.6 Å². The second kappa shape index (κ2) is 6.02. The smallest absolute Gasteiger partial charge is 0.265 e. The van der Waals surface area contributed by atoms with E-state index in [0.29, 0.717) is 9.88 Å². The van der Waals surface area contributed by atoms with Crippen molar-refractivity contribution in [3.05, 3.63) is 46.0 Å². The summed E-state index contributed by atoms with van der Waals surface area (Å²) in [5, 5.41) is 5.83. The average Bonchev–Trinajstić information content (AvgIpc) is 2.80. The number of carbonyl (C=O) groups excluding carboxylic acids is 2. The maximum atomic E-state index is 13.6. The molecule has 0 aliphatic carbocycles. The number of benzene rings is 1. The number of halogens is 2. The van der Waals surface area contributed by atoms with Crippen molar-refractivity contribution in [2.45, 2.75) is 6.92 Å². The van der Waals surface area contributed by atoms with Crippen LogP contribution in [0.4, 0.5) is 15.1 Å². The predicted molar refractivity (Wildman–Crippen MR) is 78.0 cm³/mol. The van der Waals surface area contributed by atoms with E-state index in [9.17, 15) is 14.0 Å². The van der Waals surface area contributed by atoms with Gasteiger partial charge in [0, 0.05) is 11.9 Å². The van der Waals surface area contributed by atoms with Crippen LogP contribution in [0.5, 0.6) is 0 Å². The second-order valence-corrected chi connectivity index (χ2v) is 5.44. The Morgan fingerprint density at radius 1 is 1.20 bits per heavy atom. The normalized spacial score (nSPS) is 10.2. The van der Waals surface area contributed by atoms with Crippen LogP contribution in [-0.4, -0.2) is 11.8 Å². The number of rotatable bonds is 3. The molecule has 2 amide bonds. The quantitative estimate of drug-likeness (QED) is 0.906. The monoisotopic (exact) mass is 312 g/mol. The van der Waals surface area contributed by atoms with Crippen molar-refractivity contribution in [1.82, 2.24) is 0 Å². The minimum atomic E-state index is -0.607. The lowest BCUT2D eigenvalue weighted by Gasteiger charge is -2.05. The minimum Gasteiger partial charge on any atom is -0.319 e. The summed E-state index contributed by atoms with van der Waals surface area (Å²) >= 11 is 6.74. The summed E-state index contributed by atoms with van der Waals surface area (Å²) in [5.74, 6) is -1.28. The fraction of sp³-hybridized carbons (Fsp3) is 0.0769. The fourth-order valence-electron chi connectivity index (χ4n) is 1.48. The lowest BCUT2D eigenvalue weighted by molar-refractivity contribution is -0.114. The van der Waals surface area contributed by atoms with E-state index in [1.165, 1.54) is 19.1 Å². The van der Waals surface area contributed by atoms with Crippen molar-refractivity contribution in [2.24, 2.45) is 0 Å². The number of nitrogens with one attached hydrogen (secondary N) is 2. The van der Waals surface area contributed by atoms with Crippen LogP contribution in [0.15, 0.2) is 30.3 Å². The molecule has 20 heavy (non-hydrogen) atoms. The summed E-state index contributed by atoms with van der Waals surface area (Å²) in [6, 6.07) is 7.15. The molecule has 7 heteroatoms. The third kappa shape index (κ3) is 3.55. The van der Waals surface area contributed by atoms with Gasteiger partial charge in [-0.25, -0.2) is 4.39 Å². The first kappa shape index (κ1) is 14.5. The molecule has 1 heterocycles. The van der Waals surface area contributed by atoms with Crippen LogP contribution in [0.25, 0.3) is 0 Å². The van der Waals surface area contributed by atoms with Crippen LogP contribution < -0.4 is 10.6 Å². The van der Waals surface area contributed by atoms with Gasteiger partial charge < -0.3 is 10.6 Å².